The monoisotopic (exact) mass is 670 g/mol. The van der Waals surface area contributed by atoms with Crippen molar-refractivity contribution in [3.8, 4) is 39.4 Å². The quantitative estimate of drug-likeness (QED) is 0.0775. The standard InChI is InChI=1S/C44H34N2O3S/c1-29-17-19-35(20-18-29)43(48)41(28-39(47)34-23-21-31(22-24-34)30-11-5-3-6-12-30)50-44-45-37(33-14-7-4-8-15-33)27-38(46-44)42-36-16-10-9-13-32(36)25-26-40(42)49-2/h3-27,41H,28H2,1-2H3. The van der Waals surface area contributed by atoms with Crippen LogP contribution in [0.3, 0.4) is 0 Å². The summed E-state index contributed by atoms with van der Waals surface area (Å²) < 4.78 is 5.85. The minimum Gasteiger partial charge on any atom is -0.496 e. The van der Waals surface area contributed by atoms with Crippen molar-refractivity contribution in [3.63, 3.8) is 0 Å². The SMILES string of the molecule is COc1ccc2ccccc2c1-c1cc(-c2ccccc2)nc(SC(CC(=O)c2ccc(-c3ccccc3)cc2)C(=O)c2ccc(C)cc2)n1. The molecule has 6 aromatic carbocycles. The Hall–Kier alpha value is -5.85. The summed E-state index contributed by atoms with van der Waals surface area (Å²) in [6, 6.07) is 49.0. The van der Waals surface area contributed by atoms with E-state index < -0.39 is 5.25 Å². The molecule has 0 N–H and O–H groups in total. The molecular weight excluding hydrogens is 637 g/mol. The maximum absolute atomic E-state index is 14.2. The molecule has 0 saturated heterocycles. The Bertz CT molecular complexity index is 2290. The number of ketones is 2. The molecule has 0 fully saturated rings. The Kier molecular flexibility index (Phi) is 9.63. The number of hydrogen-bond donors (Lipinski definition) is 0. The van der Waals surface area contributed by atoms with E-state index in [1.54, 1.807) is 7.11 Å². The molecule has 7 rings (SSSR count). The summed E-state index contributed by atoms with van der Waals surface area (Å²) in [7, 11) is 1.65. The van der Waals surface area contributed by atoms with Crippen molar-refractivity contribution in [2.45, 2.75) is 23.8 Å². The highest BCUT2D eigenvalue weighted by atomic mass is 32.2. The van der Waals surface area contributed by atoms with Crippen LogP contribution in [0, 0.1) is 6.92 Å². The molecule has 0 aliphatic rings. The molecule has 1 heterocycles. The first-order valence-corrected chi connectivity index (χ1v) is 17.3. The number of ether oxygens (including phenoxy) is 1. The topological polar surface area (TPSA) is 69.2 Å². The van der Waals surface area contributed by atoms with Gasteiger partial charge in [0.2, 0.25) is 0 Å². The summed E-state index contributed by atoms with van der Waals surface area (Å²) in [6.07, 6.45) is -0.0199. The van der Waals surface area contributed by atoms with E-state index in [1.165, 1.54) is 11.8 Å². The van der Waals surface area contributed by atoms with Gasteiger partial charge in [0, 0.05) is 23.1 Å². The van der Waals surface area contributed by atoms with E-state index in [0.29, 0.717) is 33.4 Å². The number of benzene rings is 6. The fraction of sp³-hybridized carbons (Fsp3) is 0.0909. The van der Waals surface area contributed by atoms with Crippen LogP contribution in [0.2, 0.25) is 0 Å². The molecule has 50 heavy (non-hydrogen) atoms. The number of aryl methyl sites for hydroxylation is 1. The van der Waals surface area contributed by atoms with E-state index in [4.69, 9.17) is 14.7 Å². The smallest absolute Gasteiger partial charge is 0.189 e. The zero-order chi connectivity index (χ0) is 34.5. The third kappa shape index (κ3) is 7.12. The molecule has 0 radical (unpaired) electrons. The maximum atomic E-state index is 14.2. The Morgan fingerprint density at radius 3 is 1.94 bits per heavy atom. The average Bonchev–Trinajstić information content (AvgIpc) is 3.17. The number of rotatable bonds is 11. The first-order chi connectivity index (χ1) is 24.5. The summed E-state index contributed by atoms with van der Waals surface area (Å²) in [5.41, 5.74) is 7.35. The van der Waals surface area contributed by atoms with Crippen LogP contribution < -0.4 is 4.74 Å². The number of fused-ring (bicyclic) bond motifs is 1. The number of Topliss-reactive ketones (excluding diaryl/α,β-unsaturated/α-hetero) is 2. The van der Waals surface area contributed by atoms with E-state index in [1.807, 2.05) is 146 Å². The highest BCUT2D eigenvalue weighted by Gasteiger charge is 2.27. The second-order valence-corrected chi connectivity index (χ2v) is 13.2. The molecule has 5 nitrogen and oxygen atoms in total. The van der Waals surface area contributed by atoms with Gasteiger partial charge >= 0.3 is 0 Å². The van der Waals surface area contributed by atoms with E-state index in [0.717, 1.165) is 38.6 Å². The van der Waals surface area contributed by atoms with Crippen LogP contribution in [-0.2, 0) is 0 Å². The number of nitrogens with zero attached hydrogens (tertiary/aromatic N) is 2. The van der Waals surface area contributed by atoms with E-state index in [-0.39, 0.29) is 18.0 Å². The second kappa shape index (κ2) is 14.7. The van der Waals surface area contributed by atoms with Gasteiger partial charge in [0.15, 0.2) is 16.7 Å². The minimum atomic E-state index is -0.771. The molecule has 0 saturated carbocycles. The number of carbonyl (C=O) groups is 2. The zero-order valence-corrected chi connectivity index (χ0v) is 28.6. The number of hydrogen-bond acceptors (Lipinski definition) is 6. The first-order valence-electron chi connectivity index (χ1n) is 16.4. The average molecular weight is 671 g/mol. The lowest BCUT2D eigenvalue weighted by atomic mass is 9.98. The van der Waals surface area contributed by atoms with Crippen LogP contribution in [0.15, 0.2) is 157 Å². The van der Waals surface area contributed by atoms with Crippen molar-refractivity contribution >= 4 is 34.1 Å². The highest BCUT2D eigenvalue weighted by molar-refractivity contribution is 8.00. The van der Waals surface area contributed by atoms with Crippen LogP contribution in [0.25, 0.3) is 44.4 Å². The molecule has 6 heteroatoms. The van der Waals surface area contributed by atoms with Crippen LogP contribution in [-0.4, -0.2) is 33.9 Å². The molecule has 0 bridgehead atoms. The van der Waals surface area contributed by atoms with Gasteiger partial charge in [-0.25, -0.2) is 9.97 Å². The fourth-order valence-electron chi connectivity index (χ4n) is 6.03. The van der Waals surface area contributed by atoms with Crippen molar-refractivity contribution in [3.05, 3.63) is 168 Å². The number of carbonyl (C=O) groups excluding carboxylic acids is 2. The normalized spacial score (nSPS) is 11.6. The predicted molar refractivity (Wildman–Crippen MR) is 203 cm³/mol. The van der Waals surface area contributed by atoms with Crippen molar-refractivity contribution in [2.75, 3.05) is 7.11 Å². The molecule has 7 aromatic rings. The third-order valence-electron chi connectivity index (χ3n) is 8.70. The molecule has 0 aliphatic heterocycles. The molecule has 0 aliphatic carbocycles. The zero-order valence-electron chi connectivity index (χ0n) is 27.7. The lowest BCUT2D eigenvalue weighted by Crippen LogP contribution is -2.22. The van der Waals surface area contributed by atoms with Gasteiger partial charge < -0.3 is 4.74 Å². The van der Waals surface area contributed by atoms with Crippen LogP contribution in [0.5, 0.6) is 5.75 Å². The predicted octanol–water partition coefficient (Wildman–Crippen LogP) is 10.6. The fourth-order valence-corrected chi connectivity index (χ4v) is 7.07. The Morgan fingerprint density at radius 1 is 0.640 bits per heavy atom. The van der Waals surface area contributed by atoms with E-state index >= 15 is 0 Å². The molecule has 244 valence electrons. The summed E-state index contributed by atoms with van der Waals surface area (Å²) in [5, 5.41) is 1.66. The Labute approximate surface area is 296 Å². The Balaban J connectivity index is 1.30. The molecule has 1 aromatic heterocycles. The van der Waals surface area contributed by atoms with Gasteiger partial charge in [-0.05, 0) is 41.0 Å². The van der Waals surface area contributed by atoms with Gasteiger partial charge in [0.05, 0.1) is 29.3 Å². The first kappa shape index (κ1) is 32.7. The van der Waals surface area contributed by atoms with Crippen LogP contribution >= 0.6 is 11.8 Å². The van der Waals surface area contributed by atoms with Gasteiger partial charge in [-0.15, -0.1) is 0 Å². The highest BCUT2D eigenvalue weighted by Crippen LogP contribution is 2.39. The van der Waals surface area contributed by atoms with Gasteiger partial charge in [0.1, 0.15) is 5.75 Å². The molecule has 0 amide bonds. The lowest BCUT2D eigenvalue weighted by Gasteiger charge is -2.17. The van der Waals surface area contributed by atoms with Gasteiger partial charge in [-0.2, -0.15) is 0 Å². The summed E-state index contributed by atoms with van der Waals surface area (Å²) >= 11 is 1.22. The minimum absolute atomic E-state index is 0.0199. The summed E-state index contributed by atoms with van der Waals surface area (Å²) in [6.45, 7) is 1.98. The van der Waals surface area contributed by atoms with Gasteiger partial charge in [-0.1, -0.05) is 157 Å². The van der Waals surface area contributed by atoms with Crippen molar-refractivity contribution in [2.24, 2.45) is 0 Å². The number of methoxy groups -OCH3 is 1. The van der Waals surface area contributed by atoms with Crippen molar-refractivity contribution in [1.82, 2.24) is 9.97 Å². The van der Waals surface area contributed by atoms with Crippen molar-refractivity contribution in [1.29, 1.82) is 0 Å². The maximum Gasteiger partial charge on any atom is 0.189 e. The Morgan fingerprint density at radius 2 is 1.24 bits per heavy atom. The van der Waals surface area contributed by atoms with Gasteiger partial charge in [0.25, 0.3) is 0 Å². The number of thioether (sulfide) groups is 1. The largest absolute Gasteiger partial charge is 0.496 e. The lowest BCUT2D eigenvalue weighted by molar-refractivity contribution is 0.0924. The van der Waals surface area contributed by atoms with Gasteiger partial charge in [-0.3, -0.25) is 9.59 Å². The van der Waals surface area contributed by atoms with Crippen LogP contribution in [0.1, 0.15) is 32.7 Å². The van der Waals surface area contributed by atoms with Crippen molar-refractivity contribution < 1.29 is 14.3 Å². The third-order valence-corrected chi connectivity index (χ3v) is 9.76. The molecule has 0 spiro atoms. The van der Waals surface area contributed by atoms with E-state index in [2.05, 4.69) is 12.1 Å². The molecular formula is C44H34N2O3S. The summed E-state index contributed by atoms with van der Waals surface area (Å²) in [5.74, 6) is 0.402. The number of aromatic nitrogens is 2. The summed E-state index contributed by atoms with van der Waals surface area (Å²) in [4.78, 5) is 38.1. The second-order valence-electron chi connectivity index (χ2n) is 12.1. The van der Waals surface area contributed by atoms with Crippen LogP contribution in [0.4, 0.5) is 0 Å². The molecule has 1 unspecified atom stereocenters. The van der Waals surface area contributed by atoms with E-state index in [9.17, 15) is 9.59 Å². The molecule has 1 atom stereocenters.